The molecule has 0 fully saturated rings. The van der Waals surface area contributed by atoms with Crippen LogP contribution in [0.25, 0.3) is 0 Å². The molecule has 188 valence electrons. The van der Waals surface area contributed by atoms with Gasteiger partial charge >= 0.3 is 0 Å². The van der Waals surface area contributed by atoms with E-state index in [4.69, 9.17) is 14.2 Å². The minimum absolute atomic E-state index is 0.331. The molecule has 36 heavy (non-hydrogen) atoms. The Labute approximate surface area is 214 Å². The van der Waals surface area contributed by atoms with Crippen molar-refractivity contribution in [2.24, 2.45) is 30.7 Å². The van der Waals surface area contributed by atoms with Gasteiger partial charge in [-0.1, -0.05) is 54.6 Å². The Balaban J connectivity index is 1.85. The van der Waals surface area contributed by atoms with Crippen LogP contribution in [0, 0.1) is 0 Å². The monoisotopic (exact) mass is 504 g/mol. The third kappa shape index (κ3) is 7.29. The van der Waals surface area contributed by atoms with Crippen molar-refractivity contribution in [1.82, 2.24) is 0 Å². The first-order valence-corrected chi connectivity index (χ1v) is 13.1. The molecule has 0 aromatic heterocycles. The third-order valence-corrected chi connectivity index (χ3v) is 6.42. The number of hydrogen-bond acceptors (Lipinski definition) is 9. The van der Waals surface area contributed by atoms with Crippen LogP contribution in [0.3, 0.4) is 0 Å². The Morgan fingerprint density at radius 3 is 1.14 bits per heavy atom. The van der Waals surface area contributed by atoms with Gasteiger partial charge < -0.3 is 14.2 Å². The zero-order valence-corrected chi connectivity index (χ0v) is 23.2. The number of benzene rings is 3. The van der Waals surface area contributed by atoms with E-state index in [0.717, 1.165) is 44.2 Å². The topological polar surface area (TPSA) is 102 Å². The maximum Gasteiger partial charge on any atom is 0.295 e. The molecular weight excluding hydrogens is 472 g/mol. The van der Waals surface area contributed by atoms with Gasteiger partial charge in [-0.15, -0.1) is 15.3 Å². The van der Waals surface area contributed by atoms with Crippen LogP contribution >= 0.6 is 0 Å². The zero-order valence-electron chi connectivity index (χ0n) is 21.2. The van der Waals surface area contributed by atoms with Gasteiger partial charge in [-0.3, -0.25) is 0 Å². The standard InChI is InChI=1S/C26H32N6O3Si/c1-33-23-13-7-4-10-20(23)16-27-30-26(19-36,31-28-17-21-11-5-8-14-24(21)34-2)32-29-18-22-12-6-9-15-25(22)35-3/h4-15H,16-19H2,1-3,36H3. The molecule has 0 N–H and O–H groups in total. The molecule has 3 aromatic carbocycles. The van der Waals surface area contributed by atoms with E-state index >= 15 is 0 Å². The van der Waals surface area contributed by atoms with E-state index in [-0.39, 0.29) is 0 Å². The molecule has 0 aliphatic carbocycles. The Hall–Kier alpha value is -3.92. The van der Waals surface area contributed by atoms with Crippen LogP contribution in [0.5, 0.6) is 17.2 Å². The fourth-order valence-electron chi connectivity index (χ4n) is 3.45. The molecular formula is C26H32N6O3Si. The fourth-order valence-corrected chi connectivity index (χ4v) is 3.87. The van der Waals surface area contributed by atoms with Crippen LogP contribution in [0.1, 0.15) is 16.7 Å². The highest BCUT2D eigenvalue weighted by Gasteiger charge is 2.27. The van der Waals surface area contributed by atoms with Crippen molar-refractivity contribution in [2.45, 2.75) is 31.5 Å². The summed E-state index contributed by atoms with van der Waals surface area (Å²) in [4.78, 5) is 0. The van der Waals surface area contributed by atoms with Crippen LogP contribution in [0.4, 0.5) is 0 Å². The highest BCUT2D eigenvalue weighted by atomic mass is 28.1. The van der Waals surface area contributed by atoms with Crippen molar-refractivity contribution in [1.29, 1.82) is 0 Å². The Kier molecular flexibility index (Phi) is 10.3. The summed E-state index contributed by atoms with van der Waals surface area (Å²) < 4.78 is 16.3. The first-order chi connectivity index (χ1) is 17.6. The highest BCUT2D eigenvalue weighted by molar-refractivity contribution is 6.09. The number of hydrogen-bond donors (Lipinski definition) is 0. The van der Waals surface area contributed by atoms with E-state index in [0.29, 0.717) is 25.7 Å². The van der Waals surface area contributed by atoms with Crippen molar-refractivity contribution >= 4 is 10.2 Å². The van der Waals surface area contributed by atoms with Crippen molar-refractivity contribution in [3.05, 3.63) is 89.5 Å². The molecule has 0 unspecified atom stereocenters. The number of para-hydroxylation sites is 3. The van der Waals surface area contributed by atoms with E-state index < -0.39 is 5.79 Å². The second-order valence-electron chi connectivity index (χ2n) is 7.76. The summed E-state index contributed by atoms with van der Waals surface area (Å²) in [5.41, 5.74) is 2.76. The molecule has 0 bridgehead atoms. The molecule has 0 heterocycles. The lowest BCUT2D eigenvalue weighted by atomic mass is 10.2. The predicted octanol–water partition coefficient (Wildman–Crippen LogP) is 5.41. The minimum Gasteiger partial charge on any atom is -0.496 e. The fraction of sp³-hybridized carbons (Fsp3) is 0.308. The van der Waals surface area contributed by atoms with Gasteiger partial charge in [0, 0.05) is 33.0 Å². The quantitative estimate of drug-likeness (QED) is 0.230. The van der Waals surface area contributed by atoms with Gasteiger partial charge in [0.15, 0.2) is 0 Å². The van der Waals surface area contributed by atoms with Gasteiger partial charge in [0.25, 0.3) is 5.79 Å². The molecule has 3 rings (SSSR count). The normalized spacial score (nSPS) is 13.4. The van der Waals surface area contributed by atoms with Gasteiger partial charge in [0.05, 0.1) is 41.0 Å². The first-order valence-electron chi connectivity index (χ1n) is 11.7. The largest absolute Gasteiger partial charge is 0.496 e. The van der Waals surface area contributed by atoms with Crippen molar-refractivity contribution in [2.75, 3.05) is 21.3 Å². The summed E-state index contributed by atoms with van der Waals surface area (Å²) in [6.45, 7) is 0.992. The van der Waals surface area contributed by atoms with E-state index in [9.17, 15) is 0 Å². The van der Waals surface area contributed by atoms with Gasteiger partial charge in [0.1, 0.15) is 17.2 Å². The van der Waals surface area contributed by atoms with Crippen LogP contribution < -0.4 is 14.2 Å². The lowest BCUT2D eigenvalue weighted by molar-refractivity contribution is 0.401. The SMILES string of the molecule is COc1ccccc1CN=NC(C[SiH3])(N=NCc1ccccc1OC)N=NCc1ccccc1OC. The molecule has 0 aliphatic rings. The second-order valence-corrected chi connectivity index (χ2v) is 8.47. The van der Waals surface area contributed by atoms with E-state index in [2.05, 4.69) is 30.7 Å². The summed E-state index contributed by atoms with van der Waals surface area (Å²) in [7, 11) is 5.67. The zero-order chi connectivity index (χ0) is 25.6. The second kappa shape index (κ2) is 13.8. The van der Waals surface area contributed by atoms with E-state index in [1.54, 1.807) is 21.3 Å². The molecule has 0 radical (unpaired) electrons. The molecule has 0 atom stereocenters. The Bertz CT molecular complexity index is 1060. The van der Waals surface area contributed by atoms with Crippen molar-refractivity contribution < 1.29 is 14.2 Å². The number of ether oxygens (including phenoxy) is 3. The van der Waals surface area contributed by atoms with Crippen molar-refractivity contribution in [3.8, 4) is 17.2 Å². The molecule has 3 aromatic rings. The molecule has 9 nitrogen and oxygen atoms in total. The molecule has 0 saturated carbocycles. The minimum atomic E-state index is -1.22. The van der Waals surface area contributed by atoms with Crippen LogP contribution in [0.15, 0.2) is 103 Å². The van der Waals surface area contributed by atoms with Crippen LogP contribution in [-0.4, -0.2) is 37.4 Å². The van der Waals surface area contributed by atoms with Gasteiger partial charge in [0.2, 0.25) is 0 Å². The molecule has 0 aliphatic heterocycles. The van der Waals surface area contributed by atoms with E-state index in [1.807, 2.05) is 72.8 Å². The Morgan fingerprint density at radius 2 is 0.861 bits per heavy atom. The number of azo groups is 3. The highest BCUT2D eigenvalue weighted by Crippen LogP contribution is 2.26. The summed E-state index contributed by atoms with van der Waals surface area (Å²) in [6.07, 6.45) is 0. The van der Waals surface area contributed by atoms with Crippen LogP contribution in [-0.2, 0) is 19.6 Å². The smallest absolute Gasteiger partial charge is 0.295 e. The molecule has 0 saturated heterocycles. The maximum atomic E-state index is 5.42. The van der Waals surface area contributed by atoms with Gasteiger partial charge in [-0.2, -0.15) is 15.3 Å². The average Bonchev–Trinajstić information content (AvgIpc) is 2.93. The average molecular weight is 505 g/mol. The van der Waals surface area contributed by atoms with E-state index in [1.165, 1.54) is 0 Å². The lowest BCUT2D eigenvalue weighted by Gasteiger charge is -2.15. The summed E-state index contributed by atoms with van der Waals surface area (Å²) in [5.74, 6) is 1.04. The number of rotatable bonds is 13. The third-order valence-electron chi connectivity index (χ3n) is 5.47. The first kappa shape index (κ1) is 26.7. The lowest BCUT2D eigenvalue weighted by Crippen LogP contribution is -2.19. The summed E-state index contributed by atoms with van der Waals surface area (Å²) in [6, 6.07) is 23.7. The van der Waals surface area contributed by atoms with Crippen LogP contribution in [0.2, 0.25) is 6.04 Å². The summed E-state index contributed by atoms with van der Waals surface area (Å²) >= 11 is 0. The molecule has 10 heteroatoms. The molecule has 0 amide bonds. The predicted molar refractivity (Wildman–Crippen MR) is 142 cm³/mol. The van der Waals surface area contributed by atoms with Gasteiger partial charge in [-0.05, 0) is 18.2 Å². The number of methoxy groups -OCH3 is 3. The Morgan fingerprint density at radius 1 is 0.556 bits per heavy atom. The molecule has 0 spiro atoms. The summed E-state index contributed by atoms with van der Waals surface area (Å²) in [5, 5.41) is 26.8. The van der Waals surface area contributed by atoms with Gasteiger partial charge in [-0.25, -0.2) is 0 Å². The van der Waals surface area contributed by atoms with Crippen molar-refractivity contribution in [3.63, 3.8) is 0 Å². The number of nitrogens with zero attached hydrogens (tertiary/aromatic N) is 6. The maximum absolute atomic E-state index is 5.42.